The highest BCUT2D eigenvalue weighted by atomic mass is 32.2. The molecule has 1 aliphatic carbocycles. The van der Waals surface area contributed by atoms with Crippen molar-refractivity contribution in [2.75, 3.05) is 13.4 Å². The zero-order valence-electron chi connectivity index (χ0n) is 10.2. The molecule has 2 aromatic rings. The Bertz CT molecular complexity index is 622. The molecule has 0 N–H and O–H groups in total. The van der Waals surface area contributed by atoms with E-state index in [4.69, 9.17) is 4.74 Å². The molecule has 0 aromatic carbocycles. The van der Waals surface area contributed by atoms with Crippen molar-refractivity contribution in [2.45, 2.75) is 29.7 Å². The standard InChI is InChI=1S/C11H13N3O2S2/c1-16-5-7-12-8(6-3-4-6)9-10(13-7)14-11(17-9)18(2)15/h6H,3-5H2,1-2H3. The quantitative estimate of drug-likeness (QED) is 0.856. The maximum Gasteiger partial charge on any atom is 0.183 e. The lowest BCUT2D eigenvalue weighted by molar-refractivity contribution is 0.178. The Balaban J connectivity index is 2.17. The zero-order chi connectivity index (χ0) is 12.7. The van der Waals surface area contributed by atoms with Gasteiger partial charge in [-0.15, -0.1) is 11.3 Å². The van der Waals surface area contributed by atoms with Crippen molar-refractivity contribution in [3.05, 3.63) is 11.5 Å². The lowest BCUT2D eigenvalue weighted by atomic mass is 10.3. The van der Waals surface area contributed by atoms with Gasteiger partial charge in [0.15, 0.2) is 15.8 Å². The highest BCUT2D eigenvalue weighted by Crippen LogP contribution is 2.43. The lowest BCUT2D eigenvalue weighted by Gasteiger charge is -2.02. The maximum absolute atomic E-state index is 11.5. The smallest absolute Gasteiger partial charge is 0.183 e. The number of hydrogen-bond donors (Lipinski definition) is 0. The second-order valence-corrected chi connectivity index (χ2v) is 6.87. The Labute approximate surface area is 111 Å². The van der Waals surface area contributed by atoms with Gasteiger partial charge in [0, 0.05) is 19.3 Å². The molecular formula is C11H13N3O2S2. The number of ether oxygens (including phenoxy) is 1. The van der Waals surface area contributed by atoms with Gasteiger partial charge in [-0.3, -0.25) is 4.21 Å². The van der Waals surface area contributed by atoms with Crippen molar-refractivity contribution in [1.82, 2.24) is 15.0 Å². The van der Waals surface area contributed by atoms with Crippen LogP contribution >= 0.6 is 11.3 Å². The van der Waals surface area contributed by atoms with Crippen LogP contribution in [-0.4, -0.2) is 32.5 Å². The van der Waals surface area contributed by atoms with Gasteiger partial charge in [-0.05, 0) is 12.8 Å². The summed E-state index contributed by atoms with van der Waals surface area (Å²) in [4.78, 5) is 13.3. The van der Waals surface area contributed by atoms with Crippen LogP contribution in [-0.2, 0) is 22.1 Å². The fraction of sp³-hybridized carbons (Fsp3) is 0.545. The largest absolute Gasteiger partial charge is 0.377 e. The highest BCUT2D eigenvalue weighted by Gasteiger charge is 2.29. The Morgan fingerprint density at radius 3 is 2.78 bits per heavy atom. The second-order valence-electron chi connectivity index (χ2n) is 4.32. The van der Waals surface area contributed by atoms with Crippen LogP contribution in [0, 0.1) is 0 Å². The molecule has 0 aliphatic heterocycles. The van der Waals surface area contributed by atoms with Crippen LogP contribution < -0.4 is 0 Å². The topological polar surface area (TPSA) is 65.0 Å². The van der Waals surface area contributed by atoms with Crippen LogP contribution in [0.15, 0.2) is 4.34 Å². The van der Waals surface area contributed by atoms with E-state index in [0.717, 1.165) is 10.4 Å². The summed E-state index contributed by atoms with van der Waals surface area (Å²) in [6.07, 6.45) is 3.97. The van der Waals surface area contributed by atoms with E-state index in [-0.39, 0.29) is 0 Å². The second kappa shape index (κ2) is 4.64. The number of thiazole rings is 1. The summed E-state index contributed by atoms with van der Waals surface area (Å²) in [7, 11) is 0.558. The van der Waals surface area contributed by atoms with Gasteiger partial charge in [0.1, 0.15) is 6.61 Å². The van der Waals surface area contributed by atoms with E-state index in [0.29, 0.717) is 28.3 Å². The van der Waals surface area contributed by atoms with Gasteiger partial charge in [0.05, 0.1) is 21.2 Å². The fourth-order valence-electron chi connectivity index (χ4n) is 1.82. The average molecular weight is 283 g/mol. The van der Waals surface area contributed by atoms with E-state index >= 15 is 0 Å². The molecule has 1 aliphatic rings. The van der Waals surface area contributed by atoms with Crippen LogP contribution in [0.4, 0.5) is 0 Å². The molecule has 1 unspecified atom stereocenters. The van der Waals surface area contributed by atoms with E-state index in [1.807, 2.05) is 0 Å². The lowest BCUT2D eigenvalue weighted by Crippen LogP contribution is -2.00. The normalized spacial score (nSPS) is 17.2. The molecular weight excluding hydrogens is 270 g/mol. The Morgan fingerprint density at radius 1 is 1.39 bits per heavy atom. The average Bonchev–Trinajstić information content (AvgIpc) is 3.07. The molecule has 0 amide bonds. The SMILES string of the molecule is COCc1nc(C2CC2)c2sc(S(C)=O)nc2n1. The van der Waals surface area contributed by atoms with Gasteiger partial charge < -0.3 is 4.74 Å². The summed E-state index contributed by atoms with van der Waals surface area (Å²) in [5.74, 6) is 1.18. The number of hydrogen-bond acceptors (Lipinski definition) is 6. The minimum atomic E-state index is -1.06. The Kier molecular flexibility index (Phi) is 3.13. The molecule has 1 saturated carbocycles. The third-order valence-electron chi connectivity index (χ3n) is 2.79. The number of fused-ring (bicyclic) bond motifs is 1. The Morgan fingerprint density at radius 2 is 2.17 bits per heavy atom. The van der Waals surface area contributed by atoms with E-state index < -0.39 is 10.8 Å². The molecule has 5 nitrogen and oxygen atoms in total. The van der Waals surface area contributed by atoms with Gasteiger partial charge in [-0.1, -0.05) is 0 Å². The predicted octanol–water partition coefficient (Wildman–Crippen LogP) is 1.85. The zero-order valence-corrected chi connectivity index (χ0v) is 11.8. The molecule has 0 saturated heterocycles. The van der Waals surface area contributed by atoms with Crippen LogP contribution in [0.1, 0.15) is 30.3 Å². The van der Waals surface area contributed by atoms with Gasteiger partial charge >= 0.3 is 0 Å². The molecule has 7 heteroatoms. The summed E-state index contributed by atoms with van der Waals surface area (Å²) in [6.45, 7) is 0.387. The summed E-state index contributed by atoms with van der Waals surface area (Å²) in [5.41, 5.74) is 1.72. The van der Waals surface area contributed by atoms with Gasteiger partial charge in [0.25, 0.3) is 0 Å². The number of rotatable bonds is 4. The molecule has 3 rings (SSSR count). The predicted molar refractivity (Wildman–Crippen MR) is 70.2 cm³/mol. The first-order valence-electron chi connectivity index (χ1n) is 5.68. The number of aromatic nitrogens is 3. The molecule has 96 valence electrons. The third-order valence-corrected chi connectivity index (χ3v) is 5.19. The molecule has 0 bridgehead atoms. The first-order chi connectivity index (χ1) is 8.69. The molecule has 1 fully saturated rings. The first-order valence-corrected chi connectivity index (χ1v) is 8.06. The molecule has 18 heavy (non-hydrogen) atoms. The van der Waals surface area contributed by atoms with Crippen molar-refractivity contribution < 1.29 is 8.95 Å². The third kappa shape index (κ3) is 2.17. The van der Waals surface area contributed by atoms with Crippen LogP contribution in [0.5, 0.6) is 0 Å². The van der Waals surface area contributed by atoms with Crippen molar-refractivity contribution in [3.63, 3.8) is 0 Å². The van der Waals surface area contributed by atoms with Crippen LogP contribution in [0.2, 0.25) is 0 Å². The highest BCUT2D eigenvalue weighted by molar-refractivity contribution is 7.86. The summed E-state index contributed by atoms with van der Waals surface area (Å²) in [5, 5.41) is 0. The van der Waals surface area contributed by atoms with Gasteiger partial charge in [-0.25, -0.2) is 15.0 Å². The van der Waals surface area contributed by atoms with Crippen molar-refractivity contribution in [1.29, 1.82) is 0 Å². The van der Waals surface area contributed by atoms with Crippen molar-refractivity contribution in [2.24, 2.45) is 0 Å². The summed E-state index contributed by atoms with van der Waals surface area (Å²) < 4.78 is 18.2. The minimum Gasteiger partial charge on any atom is -0.377 e. The number of nitrogens with zero attached hydrogens (tertiary/aromatic N) is 3. The fourth-order valence-corrected chi connectivity index (χ4v) is 3.56. The molecule has 2 aromatic heterocycles. The van der Waals surface area contributed by atoms with Crippen LogP contribution in [0.25, 0.3) is 10.3 Å². The molecule has 1 atom stereocenters. The molecule has 0 spiro atoms. The first kappa shape index (κ1) is 12.1. The van der Waals surface area contributed by atoms with E-state index in [1.165, 1.54) is 24.2 Å². The molecule has 2 heterocycles. The van der Waals surface area contributed by atoms with Gasteiger partial charge in [0.2, 0.25) is 0 Å². The van der Waals surface area contributed by atoms with Crippen LogP contribution in [0.3, 0.4) is 0 Å². The molecule has 0 radical (unpaired) electrons. The van der Waals surface area contributed by atoms with Gasteiger partial charge in [-0.2, -0.15) is 0 Å². The minimum absolute atomic E-state index is 0.387. The van der Waals surface area contributed by atoms with E-state index in [1.54, 1.807) is 13.4 Å². The summed E-state index contributed by atoms with van der Waals surface area (Å²) >= 11 is 1.45. The van der Waals surface area contributed by atoms with E-state index in [9.17, 15) is 4.21 Å². The number of methoxy groups -OCH3 is 1. The maximum atomic E-state index is 11.5. The summed E-state index contributed by atoms with van der Waals surface area (Å²) in [6, 6.07) is 0. The van der Waals surface area contributed by atoms with Crippen molar-refractivity contribution in [3.8, 4) is 0 Å². The monoisotopic (exact) mass is 283 g/mol. The van der Waals surface area contributed by atoms with E-state index in [2.05, 4.69) is 15.0 Å². The van der Waals surface area contributed by atoms with Crippen molar-refractivity contribution >= 4 is 32.5 Å². The Hall–Kier alpha value is -0.920.